The standard InChI is InChI=1S/C19H29NO3/c1-4-22-16-7-6-14(12-17(16)23-5-2)19-9-8-15(21)13-18(19)20(3)11-10-19/h6-7,12,15,18,21H,4-5,8-11,13H2,1-3H3/t15-,18+,19+/m1/s1. The van der Waals surface area contributed by atoms with Crippen molar-refractivity contribution in [3.63, 3.8) is 0 Å². The molecule has 0 radical (unpaired) electrons. The van der Waals surface area contributed by atoms with Crippen LogP contribution < -0.4 is 9.47 Å². The minimum atomic E-state index is -0.164. The summed E-state index contributed by atoms with van der Waals surface area (Å²) in [5.74, 6) is 1.67. The molecule has 4 nitrogen and oxygen atoms in total. The Balaban J connectivity index is 1.97. The van der Waals surface area contributed by atoms with Crippen molar-refractivity contribution in [3.05, 3.63) is 23.8 Å². The number of rotatable bonds is 5. The quantitative estimate of drug-likeness (QED) is 0.906. The number of likely N-dealkylation sites (N-methyl/N-ethyl adjacent to an activating group) is 1. The van der Waals surface area contributed by atoms with Gasteiger partial charge in [0.15, 0.2) is 11.5 Å². The number of aliphatic hydroxyl groups excluding tert-OH is 1. The predicted octanol–water partition coefficient (Wildman–Crippen LogP) is 2.97. The first-order valence-electron chi connectivity index (χ1n) is 8.89. The first kappa shape index (κ1) is 16.6. The zero-order chi connectivity index (χ0) is 16.4. The van der Waals surface area contributed by atoms with Crippen molar-refractivity contribution in [3.8, 4) is 11.5 Å². The highest BCUT2D eigenvalue weighted by Gasteiger charge is 2.50. The lowest BCUT2D eigenvalue weighted by atomic mass is 9.65. The average molecular weight is 319 g/mol. The van der Waals surface area contributed by atoms with Gasteiger partial charge in [0, 0.05) is 11.5 Å². The van der Waals surface area contributed by atoms with Gasteiger partial charge in [-0.25, -0.2) is 0 Å². The molecule has 1 aromatic rings. The number of hydrogen-bond donors (Lipinski definition) is 1. The number of likely N-dealkylation sites (tertiary alicyclic amines) is 1. The van der Waals surface area contributed by atoms with E-state index in [2.05, 4.69) is 30.1 Å². The van der Waals surface area contributed by atoms with Crippen LogP contribution in [0, 0.1) is 0 Å². The lowest BCUT2D eigenvalue weighted by molar-refractivity contribution is 0.0566. The van der Waals surface area contributed by atoms with Gasteiger partial charge in [-0.15, -0.1) is 0 Å². The molecule has 1 saturated heterocycles. The van der Waals surface area contributed by atoms with E-state index in [1.807, 2.05) is 13.8 Å². The zero-order valence-corrected chi connectivity index (χ0v) is 14.5. The summed E-state index contributed by atoms with van der Waals surface area (Å²) >= 11 is 0. The summed E-state index contributed by atoms with van der Waals surface area (Å²) in [4.78, 5) is 2.42. The van der Waals surface area contributed by atoms with Gasteiger partial charge >= 0.3 is 0 Å². The Morgan fingerprint density at radius 2 is 1.91 bits per heavy atom. The molecular formula is C19H29NO3. The molecule has 4 heteroatoms. The molecule has 3 atom stereocenters. The molecule has 0 bridgehead atoms. The van der Waals surface area contributed by atoms with E-state index < -0.39 is 0 Å². The molecule has 23 heavy (non-hydrogen) atoms. The van der Waals surface area contributed by atoms with E-state index in [4.69, 9.17) is 9.47 Å². The molecule has 1 aliphatic heterocycles. The summed E-state index contributed by atoms with van der Waals surface area (Å²) < 4.78 is 11.5. The van der Waals surface area contributed by atoms with Crippen LogP contribution in [-0.4, -0.2) is 49.0 Å². The van der Waals surface area contributed by atoms with Crippen LogP contribution in [0.3, 0.4) is 0 Å². The molecule has 1 aromatic carbocycles. The highest BCUT2D eigenvalue weighted by Crippen LogP contribution is 2.49. The van der Waals surface area contributed by atoms with Gasteiger partial charge in [-0.2, -0.15) is 0 Å². The lowest BCUT2D eigenvalue weighted by Crippen LogP contribution is -2.47. The predicted molar refractivity (Wildman–Crippen MR) is 91.4 cm³/mol. The number of fused-ring (bicyclic) bond motifs is 1. The molecular weight excluding hydrogens is 290 g/mol. The van der Waals surface area contributed by atoms with Gasteiger partial charge in [0.2, 0.25) is 0 Å². The Bertz CT molecular complexity index is 547. The zero-order valence-electron chi connectivity index (χ0n) is 14.5. The maximum atomic E-state index is 10.1. The van der Waals surface area contributed by atoms with Crippen molar-refractivity contribution >= 4 is 0 Å². The van der Waals surface area contributed by atoms with E-state index in [1.54, 1.807) is 0 Å². The van der Waals surface area contributed by atoms with Gasteiger partial charge in [-0.3, -0.25) is 0 Å². The summed E-state index contributed by atoms with van der Waals surface area (Å²) in [5, 5.41) is 10.1. The molecule has 0 unspecified atom stereocenters. The van der Waals surface area contributed by atoms with Crippen molar-refractivity contribution in [1.29, 1.82) is 0 Å². The maximum absolute atomic E-state index is 10.1. The summed E-state index contributed by atoms with van der Waals surface area (Å²) in [6.45, 7) is 6.37. The molecule has 0 spiro atoms. The van der Waals surface area contributed by atoms with E-state index >= 15 is 0 Å². The molecule has 2 aliphatic rings. The Morgan fingerprint density at radius 3 is 2.65 bits per heavy atom. The van der Waals surface area contributed by atoms with E-state index in [9.17, 15) is 5.11 Å². The third kappa shape index (κ3) is 2.94. The van der Waals surface area contributed by atoms with Gasteiger partial charge in [0.25, 0.3) is 0 Å². The van der Waals surface area contributed by atoms with Crippen LogP contribution in [0.1, 0.15) is 45.1 Å². The fourth-order valence-corrected chi connectivity index (χ4v) is 4.46. The molecule has 1 N–H and O–H groups in total. The number of benzene rings is 1. The van der Waals surface area contributed by atoms with Gasteiger partial charge in [-0.1, -0.05) is 6.07 Å². The summed E-state index contributed by atoms with van der Waals surface area (Å²) in [5.41, 5.74) is 1.48. The third-order valence-corrected chi connectivity index (χ3v) is 5.62. The van der Waals surface area contributed by atoms with Gasteiger partial charge in [-0.05, 0) is 70.8 Å². The normalized spacial score (nSPS) is 31.0. The molecule has 2 fully saturated rings. The van der Waals surface area contributed by atoms with Crippen molar-refractivity contribution in [2.75, 3.05) is 26.8 Å². The molecule has 1 saturated carbocycles. The van der Waals surface area contributed by atoms with Crippen LogP contribution in [0.2, 0.25) is 0 Å². The molecule has 1 heterocycles. The van der Waals surface area contributed by atoms with Crippen molar-refractivity contribution < 1.29 is 14.6 Å². The smallest absolute Gasteiger partial charge is 0.161 e. The van der Waals surface area contributed by atoms with Crippen molar-refractivity contribution in [1.82, 2.24) is 4.90 Å². The van der Waals surface area contributed by atoms with Gasteiger partial charge in [0.1, 0.15) is 0 Å². The topological polar surface area (TPSA) is 41.9 Å². The minimum Gasteiger partial charge on any atom is -0.490 e. The molecule has 1 aliphatic carbocycles. The summed E-state index contributed by atoms with van der Waals surface area (Å²) in [6.07, 6.45) is 3.79. The van der Waals surface area contributed by atoms with Crippen LogP contribution in [0.15, 0.2) is 18.2 Å². The van der Waals surface area contributed by atoms with Crippen LogP contribution in [0.25, 0.3) is 0 Å². The molecule has 3 rings (SSSR count). The van der Waals surface area contributed by atoms with E-state index in [-0.39, 0.29) is 11.5 Å². The van der Waals surface area contributed by atoms with Crippen LogP contribution in [0.5, 0.6) is 11.5 Å². The third-order valence-electron chi connectivity index (χ3n) is 5.62. The second-order valence-electron chi connectivity index (χ2n) is 6.86. The first-order valence-corrected chi connectivity index (χ1v) is 8.89. The second kappa shape index (κ2) is 6.70. The number of ether oxygens (including phenoxy) is 2. The summed E-state index contributed by atoms with van der Waals surface area (Å²) in [6, 6.07) is 6.85. The average Bonchev–Trinajstić information content (AvgIpc) is 2.88. The maximum Gasteiger partial charge on any atom is 0.161 e. The molecule has 0 amide bonds. The SMILES string of the molecule is CCOc1ccc([C@@]23CC[C@@H](O)C[C@@H]2N(C)CC3)cc1OCC. The highest BCUT2D eigenvalue weighted by atomic mass is 16.5. The highest BCUT2D eigenvalue weighted by molar-refractivity contribution is 5.46. The van der Waals surface area contributed by atoms with E-state index in [0.717, 1.165) is 43.7 Å². The molecule has 0 aromatic heterocycles. The monoisotopic (exact) mass is 319 g/mol. The summed E-state index contributed by atoms with van der Waals surface area (Å²) in [7, 11) is 2.18. The van der Waals surface area contributed by atoms with Crippen LogP contribution in [0.4, 0.5) is 0 Å². The number of hydrogen-bond acceptors (Lipinski definition) is 4. The van der Waals surface area contributed by atoms with Gasteiger partial charge in [0.05, 0.1) is 19.3 Å². The van der Waals surface area contributed by atoms with Gasteiger partial charge < -0.3 is 19.5 Å². The second-order valence-corrected chi connectivity index (χ2v) is 6.86. The number of aliphatic hydroxyl groups is 1. The van der Waals surface area contributed by atoms with Crippen LogP contribution in [-0.2, 0) is 5.41 Å². The Morgan fingerprint density at radius 1 is 1.17 bits per heavy atom. The Labute approximate surface area is 139 Å². The first-order chi connectivity index (χ1) is 11.1. The largest absolute Gasteiger partial charge is 0.490 e. The minimum absolute atomic E-state index is 0.143. The Kier molecular flexibility index (Phi) is 4.83. The van der Waals surface area contributed by atoms with Crippen LogP contribution >= 0.6 is 0 Å². The molecule has 128 valence electrons. The fourth-order valence-electron chi connectivity index (χ4n) is 4.46. The van der Waals surface area contributed by atoms with E-state index in [1.165, 1.54) is 5.56 Å². The Hall–Kier alpha value is -1.26. The lowest BCUT2D eigenvalue weighted by Gasteiger charge is -2.43. The van der Waals surface area contributed by atoms with Crippen molar-refractivity contribution in [2.45, 2.75) is 57.1 Å². The van der Waals surface area contributed by atoms with Crippen molar-refractivity contribution in [2.24, 2.45) is 0 Å². The number of nitrogens with zero attached hydrogens (tertiary/aromatic N) is 1. The fraction of sp³-hybridized carbons (Fsp3) is 0.684. The van der Waals surface area contributed by atoms with E-state index in [0.29, 0.717) is 19.3 Å².